The minimum Gasteiger partial charge on any atom is -0.376 e. The Morgan fingerprint density at radius 2 is 2.22 bits per heavy atom. The van der Waals surface area contributed by atoms with Gasteiger partial charge in [-0.3, -0.25) is 4.79 Å². The maximum Gasteiger partial charge on any atom is 0.237 e. The van der Waals surface area contributed by atoms with Crippen LogP contribution >= 0.6 is 0 Å². The Morgan fingerprint density at radius 1 is 1.50 bits per heavy atom. The van der Waals surface area contributed by atoms with Gasteiger partial charge in [-0.15, -0.1) is 0 Å². The van der Waals surface area contributed by atoms with Gasteiger partial charge in [-0.1, -0.05) is 30.3 Å². The van der Waals surface area contributed by atoms with E-state index in [0.29, 0.717) is 13.0 Å². The zero-order valence-electron chi connectivity index (χ0n) is 10.6. The molecule has 0 saturated carbocycles. The molecule has 1 fully saturated rings. The minimum absolute atomic E-state index is 0.0814. The summed E-state index contributed by atoms with van der Waals surface area (Å²) in [6.07, 6.45) is 1.51. The summed E-state index contributed by atoms with van der Waals surface area (Å²) in [4.78, 5) is 12.0. The smallest absolute Gasteiger partial charge is 0.237 e. The molecule has 3 N–H and O–H groups in total. The number of amides is 1. The van der Waals surface area contributed by atoms with Gasteiger partial charge in [-0.25, -0.2) is 0 Å². The van der Waals surface area contributed by atoms with Crippen molar-refractivity contribution in [3.05, 3.63) is 35.9 Å². The molecule has 1 heterocycles. The third-order valence-electron chi connectivity index (χ3n) is 3.34. The molecule has 3 atom stereocenters. The lowest BCUT2D eigenvalue weighted by molar-refractivity contribution is -0.123. The molecule has 98 valence electrons. The van der Waals surface area contributed by atoms with E-state index in [1.54, 1.807) is 0 Å². The Hall–Kier alpha value is -1.39. The number of nitrogens with two attached hydrogens (primary N) is 1. The minimum atomic E-state index is -0.500. The average Bonchev–Trinajstić information content (AvgIpc) is 2.76. The highest BCUT2D eigenvalue weighted by atomic mass is 16.5. The second-order valence-electron chi connectivity index (χ2n) is 4.78. The van der Waals surface area contributed by atoms with Crippen LogP contribution in [0.1, 0.15) is 18.9 Å². The molecule has 1 aromatic rings. The number of ether oxygens (including phenoxy) is 1. The Kier molecular flexibility index (Phi) is 4.33. The molecule has 2 rings (SSSR count). The van der Waals surface area contributed by atoms with E-state index >= 15 is 0 Å². The summed E-state index contributed by atoms with van der Waals surface area (Å²) in [6.45, 7) is 2.68. The van der Waals surface area contributed by atoms with Gasteiger partial charge in [0, 0.05) is 6.61 Å². The Labute approximate surface area is 108 Å². The molecule has 0 bridgehead atoms. The molecule has 1 aromatic carbocycles. The second-order valence-corrected chi connectivity index (χ2v) is 4.78. The standard InChI is InChI=1S/C14H20N2O2/c1-10-13(7-8-18-10)16-14(17)12(15)9-11-5-3-2-4-6-11/h2-6,10,12-13H,7-9,15H2,1H3,(H,16,17). The first-order valence-corrected chi connectivity index (χ1v) is 6.38. The number of benzene rings is 1. The van der Waals surface area contributed by atoms with Crippen LogP contribution in [-0.4, -0.2) is 30.7 Å². The molecule has 0 spiro atoms. The first-order chi connectivity index (χ1) is 8.66. The van der Waals surface area contributed by atoms with Crippen LogP contribution in [0, 0.1) is 0 Å². The van der Waals surface area contributed by atoms with E-state index in [-0.39, 0.29) is 18.1 Å². The third kappa shape index (κ3) is 3.31. The Bertz CT molecular complexity index is 394. The maximum absolute atomic E-state index is 12.0. The van der Waals surface area contributed by atoms with Crippen molar-refractivity contribution < 1.29 is 9.53 Å². The molecule has 18 heavy (non-hydrogen) atoms. The van der Waals surface area contributed by atoms with Gasteiger partial charge in [0.15, 0.2) is 0 Å². The molecule has 4 heteroatoms. The van der Waals surface area contributed by atoms with Crippen molar-refractivity contribution in [2.45, 2.75) is 38.0 Å². The van der Waals surface area contributed by atoms with E-state index in [4.69, 9.17) is 10.5 Å². The van der Waals surface area contributed by atoms with Crippen molar-refractivity contribution in [3.8, 4) is 0 Å². The van der Waals surface area contributed by atoms with E-state index in [2.05, 4.69) is 5.32 Å². The average molecular weight is 248 g/mol. The van der Waals surface area contributed by atoms with Gasteiger partial charge in [0.1, 0.15) is 0 Å². The van der Waals surface area contributed by atoms with Gasteiger partial charge >= 0.3 is 0 Å². The summed E-state index contributed by atoms with van der Waals surface area (Å²) in [5.41, 5.74) is 7.00. The van der Waals surface area contributed by atoms with Crippen LogP contribution in [-0.2, 0) is 16.0 Å². The molecule has 0 aliphatic carbocycles. The molecule has 0 aromatic heterocycles. The predicted octanol–water partition coefficient (Wildman–Crippen LogP) is 0.850. The van der Waals surface area contributed by atoms with Crippen molar-refractivity contribution in [1.29, 1.82) is 0 Å². The molecule has 1 aliphatic heterocycles. The van der Waals surface area contributed by atoms with Crippen molar-refractivity contribution in [2.24, 2.45) is 5.73 Å². The summed E-state index contributed by atoms with van der Waals surface area (Å²) in [5, 5.41) is 2.96. The topological polar surface area (TPSA) is 64.3 Å². The van der Waals surface area contributed by atoms with E-state index in [1.807, 2.05) is 37.3 Å². The number of carbonyl (C=O) groups excluding carboxylic acids is 1. The van der Waals surface area contributed by atoms with Gasteiger partial charge in [-0.2, -0.15) is 0 Å². The van der Waals surface area contributed by atoms with Crippen molar-refractivity contribution >= 4 is 5.91 Å². The van der Waals surface area contributed by atoms with Crippen LogP contribution in [0.5, 0.6) is 0 Å². The third-order valence-corrected chi connectivity index (χ3v) is 3.34. The lowest BCUT2D eigenvalue weighted by Gasteiger charge is -2.19. The summed E-state index contributed by atoms with van der Waals surface area (Å²) in [5.74, 6) is -0.0961. The molecule has 1 amide bonds. The first-order valence-electron chi connectivity index (χ1n) is 6.38. The fourth-order valence-electron chi connectivity index (χ4n) is 2.17. The summed E-state index contributed by atoms with van der Waals surface area (Å²) in [7, 11) is 0. The molecular weight excluding hydrogens is 228 g/mol. The lowest BCUT2D eigenvalue weighted by Crippen LogP contribution is -2.48. The fraction of sp³-hybridized carbons (Fsp3) is 0.500. The van der Waals surface area contributed by atoms with E-state index in [0.717, 1.165) is 12.0 Å². The normalized spacial score (nSPS) is 24.8. The van der Waals surface area contributed by atoms with Gasteiger partial charge in [0.05, 0.1) is 18.2 Å². The highest BCUT2D eigenvalue weighted by molar-refractivity contribution is 5.82. The first kappa shape index (κ1) is 13.1. The van der Waals surface area contributed by atoms with Crippen LogP contribution in [0.25, 0.3) is 0 Å². The zero-order valence-corrected chi connectivity index (χ0v) is 10.6. The largest absolute Gasteiger partial charge is 0.376 e. The second kappa shape index (κ2) is 5.98. The van der Waals surface area contributed by atoms with Gasteiger partial charge in [-0.05, 0) is 25.3 Å². The summed E-state index contributed by atoms with van der Waals surface area (Å²) < 4.78 is 5.41. The number of carbonyl (C=O) groups is 1. The quantitative estimate of drug-likeness (QED) is 0.830. The van der Waals surface area contributed by atoms with E-state index in [9.17, 15) is 4.79 Å². The predicted molar refractivity (Wildman–Crippen MR) is 70.1 cm³/mol. The van der Waals surface area contributed by atoms with Crippen LogP contribution in [0.3, 0.4) is 0 Å². The van der Waals surface area contributed by atoms with Gasteiger partial charge in [0.2, 0.25) is 5.91 Å². The molecule has 3 unspecified atom stereocenters. The van der Waals surface area contributed by atoms with Crippen molar-refractivity contribution in [1.82, 2.24) is 5.32 Å². The van der Waals surface area contributed by atoms with Gasteiger partial charge in [0.25, 0.3) is 0 Å². The fourth-order valence-corrected chi connectivity index (χ4v) is 2.17. The Balaban J connectivity index is 1.85. The van der Waals surface area contributed by atoms with E-state index in [1.165, 1.54) is 0 Å². The highest BCUT2D eigenvalue weighted by Gasteiger charge is 2.27. The maximum atomic E-state index is 12.0. The van der Waals surface area contributed by atoms with Crippen molar-refractivity contribution in [3.63, 3.8) is 0 Å². The number of nitrogens with one attached hydrogen (secondary N) is 1. The van der Waals surface area contributed by atoms with Gasteiger partial charge < -0.3 is 15.8 Å². The van der Waals surface area contributed by atoms with Crippen LogP contribution in [0.2, 0.25) is 0 Å². The monoisotopic (exact) mass is 248 g/mol. The van der Waals surface area contributed by atoms with E-state index < -0.39 is 6.04 Å². The molecule has 1 saturated heterocycles. The highest BCUT2D eigenvalue weighted by Crippen LogP contribution is 2.12. The number of rotatable bonds is 4. The molecule has 1 aliphatic rings. The van der Waals surface area contributed by atoms with Crippen LogP contribution in [0.4, 0.5) is 0 Å². The molecule has 0 radical (unpaired) electrons. The number of hydrogen-bond donors (Lipinski definition) is 2. The number of hydrogen-bond acceptors (Lipinski definition) is 3. The summed E-state index contributed by atoms with van der Waals surface area (Å²) in [6, 6.07) is 9.41. The Morgan fingerprint density at radius 3 is 2.83 bits per heavy atom. The molecular formula is C14H20N2O2. The SMILES string of the molecule is CC1OCCC1NC(=O)C(N)Cc1ccccc1. The zero-order chi connectivity index (χ0) is 13.0. The molecule has 4 nitrogen and oxygen atoms in total. The lowest BCUT2D eigenvalue weighted by atomic mass is 10.1. The van der Waals surface area contributed by atoms with Crippen molar-refractivity contribution in [2.75, 3.05) is 6.61 Å². The van der Waals surface area contributed by atoms with Crippen LogP contribution < -0.4 is 11.1 Å². The van der Waals surface area contributed by atoms with Crippen LogP contribution in [0.15, 0.2) is 30.3 Å². The summed E-state index contributed by atoms with van der Waals surface area (Å²) >= 11 is 0.